The highest BCUT2D eigenvalue weighted by atomic mass is 32.1. The number of aromatic nitrogens is 3. The van der Waals surface area contributed by atoms with Crippen molar-refractivity contribution >= 4 is 17.2 Å². The van der Waals surface area contributed by atoms with Crippen molar-refractivity contribution < 1.29 is 18.0 Å². The minimum absolute atomic E-state index is 0.127. The van der Waals surface area contributed by atoms with Crippen molar-refractivity contribution in [2.75, 3.05) is 7.05 Å². The maximum atomic E-state index is 12.7. The molecule has 0 bridgehead atoms. The first kappa shape index (κ1) is 18.1. The number of carbonyl (C=O) groups is 1. The third kappa shape index (κ3) is 3.77. The van der Waals surface area contributed by atoms with Crippen molar-refractivity contribution in [1.82, 2.24) is 19.7 Å². The smallest absolute Gasteiger partial charge is 0.334 e. The van der Waals surface area contributed by atoms with Gasteiger partial charge in [-0.25, -0.2) is 4.98 Å². The van der Waals surface area contributed by atoms with E-state index in [9.17, 15) is 18.0 Å². The first-order valence-electron chi connectivity index (χ1n) is 7.62. The van der Waals surface area contributed by atoms with Gasteiger partial charge in [-0.3, -0.25) is 9.48 Å². The lowest BCUT2D eigenvalue weighted by Gasteiger charge is -2.15. The molecule has 0 aliphatic heterocycles. The molecule has 136 valence electrons. The standard InChI is InChI=1S/C17H15F3N4OS/c1-23(16(25)13-8-14(17(18,19)20)22-24(13)2)9-12-10-26-15(21-12)11-6-4-3-5-7-11/h3-8,10H,9H2,1-2H3. The van der Waals surface area contributed by atoms with Gasteiger partial charge in [-0.15, -0.1) is 11.3 Å². The molecule has 3 aromatic rings. The van der Waals surface area contributed by atoms with E-state index in [2.05, 4.69) is 10.1 Å². The molecule has 2 heterocycles. The second-order valence-electron chi connectivity index (χ2n) is 5.71. The molecule has 0 unspecified atom stereocenters. The van der Waals surface area contributed by atoms with Gasteiger partial charge in [-0.1, -0.05) is 30.3 Å². The maximum absolute atomic E-state index is 12.7. The average molecular weight is 380 g/mol. The van der Waals surface area contributed by atoms with Crippen LogP contribution in [0.15, 0.2) is 41.8 Å². The number of halogens is 3. The molecule has 0 spiro atoms. The predicted molar refractivity (Wildman–Crippen MR) is 91.6 cm³/mol. The molecule has 5 nitrogen and oxygen atoms in total. The summed E-state index contributed by atoms with van der Waals surface area (Å²) in [6.07, 6.45) is -4.59. The van der Waals surface area contributed by atoms with E-state index in [0.717, 1.165) is 21.3 Å². The summed E-state index contributed by atoms with van der Waals surface area (Å²) in [5.74, 6) is -0.551. The Hall–Kier alpha value is -2.68. The Morgan fingerprint density at radius 1 is 1.27 bits per heavy atom. The zero-order chi connectivity index (χ0) is 18.9. The molecule has 26 heavy (non-hydrogen) atoms. The quantitative estimate of drug-likeness (QED) is 0.691. The van der Waals surface area contributed by atoms with Crippen LogP contribution in [0.5, 0.6) is 0 Å². The van der Waals surface area contributed by atoms with Crippen LogP contribution in [0.25, 0.3) is 10.6 Å². The zero-order valence-corrected chi connectivity index (χ0v) is 14.8. The van der Waals surface area contributed by atoms with Gasteiger partial charge in [0.15, 0.2) is 5.69 Å². The Morgan fingerprint density at radius 2 is 1.96 bits per heavy atom. The van der Waals surface area contributed by atoms with E-state index in [1.54, 1.807) is 0 Å². The minimum atomic E-state index is -4.59. The van der Waals surface area contributed by atoms with Crippen LogP contribution in [0, 0.1) is 0 Å². The Balaban J connectivity index is 1.74. The number of alkyl halides is 3. The van der Waals surface area contributed by atoms with Gasteiger partial charge in [0.25, 0.3) is 5.91 Å². The van der Waals surface area contributed by atoms with Crippen LogP contribution < -0.4 is 0 Å². The average Bonchev–Trinajstić information content (AvgIpc) is 3.21. The van der Waals surface area contributed by atoms with E-state index in [-0.39, 0.29) is 12.2 Å². The summed E-state index contributed by atoms with van der Waals surface area (Å²) in [5.41, 5.74) is 0.428. The number of aryl methyl sites for hydroxylation is 1. The van der Waals surface area contributed by atoms with Crippen LogP contribution >= 0.6 is 11.3 Å². The van der Waals surface area contributed by atoms with E-state index < -0.39 is 17.8 Å². The molecule has 1 aromatic carbocycles. The Kier molecular flexibility index (Phi) is 4.82. The highest BCUT2D eigenvalue weighted by Gasteiger charge is 2.35. The Labute approximate surface area is 151 Å². The maximum Gasteiger partial charge on any atom is 0.435 e. The first-order valence-corrected chi connectivity index (χ1v) is 8.50. The number of rotatable bonds is 4. The lowest BCUT2D eigenvalue weighted by molar-refractivity contribution is -0.141. The van der Waals surface area contributed by atoms with Gasteiger partial charge in [0, 0.05) is 31.1 Å². The number of hydrogen-bond acceptors (Lipinski definition) is 4. The predicted octanol–water partition coefficient (Wildman–Crippen LogP) is 3.83. The number of hydrogen-bond donors (Lipinski definition) is 0. The summed E-state index contributed by atoms with van der Waals surface area (Å²) in [5, 5.41) is 6.02. The topological polar surface area (TPSA) is 51.0 Å². The molecule has 0 atom stereocenters. The van der Waals surface area contributed by atoms with Crippen molar-refractivity contribution in [2.45, 2.75) is 12.7 Å². The summed E-state index contributed by atoms with van der Waals surface area (Å²) in [6, 6.07) is 10.4. The van der Waals surface area contributed by atoms with Gasteiger partial charge in [0.2, 0.25) is 0 Å². The summed E-state index contributed by atoms with van der Waals surface area (Å²) >= 11 is 1.45. The molecule has 0 N–H and O–H groups in total. The van der Waals surface area contributed by atoms with Crippen molar-refractivity contribution in [2.24, 2.45) is 7.05 Å². The van der Waals surface area contributed by atoms with Crippen LogP contribution in [0.1, 0.15) is 21.9 Å². The van der Waals surface area contributed by atoms with Crippen molar-refractivity contribution in [3.8, 4) is 10.6 Å². The third-order valence-corrected chi connectivity index (χ3v) is 4.65. The molecule has 2 aromatic heterocycles. The number of nitrogens with zero attached hydrogens (tertiary/aromatic N) is 4. The fourth-order valence-electron chi connectivity index (χ4n) is 2.41. The summed E-state index contributed by atoms with van der Waals surface area (Å²) < 4.78 is 39.2. The Morgan fingerprint density at radius 3 is 2.58 bits per heavy atom. The summed E-state index contributed by atoms with van der Waals surface area (Å²) in [6.45, 7) is 0.189. The van der Waals surface area contributed by atoms with Crippen LogP contribution in [0.4, 0.5) is 13.2 Å². The fourth-order valence-corrected chi connectivity index (χ4v) is 3.23. The van der Waals surface area contributed by atoms with Gasteiger partial charge in [0.1, 0.15) is 10.7 Å². The van der Waals surface area contributed by atoms with Crippen LogP contribution in [-0.2, 0) is 19.8 Å². The van der Waals surface area contributed by atoms with Gasteiger partial charge in [0.05, 0.1) is 12.2 Å². The van der Waals surface area contributed by atoms with Gasteiger partial charge in [-0.05, 0) is 0 Å². The SMILES string of the molecule is CN(Cc1csc(-c2ccccc2)n1)C(=O)c1cc(C(F)(F)F)nn1C. The van der Waals surface area contributed by atoms with Gasteiger partial charge in [-0.2, -0.15) is 18.3 Å². The molecule has 0 saturated heterocycles. The van der Waals surface area contributed by atoms with E-state index in [4.69, 9.17) is 0 Å². The van der Waals surface area contributed by atoms with Crippen LogP contribution in [0.3, 0.4) is 0 Å². The van der Waals surface area contributed by atoms with E-state index in [1.807, 2.05) is 35.7 Å². The molecule has 0 aliphatic rings. The molecule has 0 radical (unpaired) electrons. The molecule has 0 aliphatic carbocycles. The number of amides is 1. The second-order valence-corrected chi connectivity index (χ2v) is 6.57. The summed E-state index contributed by atoms with van der Waals surface area (Å²) in [4.78, 5) is 18.3. The monoisotopic (exact) mass is 380 g/mol. The van der Waals surface area contributed by atoms with Crippen molar-refractivity contribution in [1.29, 1.82) is 0 Å². The fraction of sp³-hybridized carbons (Fsp3) is 0.235. The lowest BCUT2D eigenvalue weighted by Crippen LogP contribution is -2.28. The molecule has 0 fully saturated rings. The molecule has 0 saturated carbocycles. The van der Waals surface area contributed by atoms with Crippen molar-refractivity contribution in [3.05, 3.63) is 58.9 Å². The molecular formula is C17H15F3N4OS. The third-order valence-electron chi connectivity index (χ3n) is 3.71. The van der Waals surface area contributed by atoms with Crippen LogP contribution in [0.2, 0.25) is 0 Å². The summed E-state index contributed by atoms with van der Waals surface area (Å²) in [7, 11) is 2.83. The van der Waals surface area contributed by atoms with Crippen LogP contribution in [-0.4, -0.2) is 32.6 Å². The number of carbonyl (C=O) groups excluding carboxylic acids is 1. The highest BCUT2D eigenvalue weighted by molar-refractivity contribution is 7.13. The zero-order valence-electron chi connectivity index (χ0n) is 14.0. The normalized spacial score (nSPS) is 11.6. The largest absolute Gasteiger partial charge is 0.435 e. The highest BCUT2D eigenvalue weighted by Crippen LogP contribution is 2.29. The molecular weight excluding hydrogens is 365 g/mol. The first-order chi connectivity index (χ1) is 12.3. The molecule has 1 amide bonds. The lowest BCUT2D eigenvalue weighted by atomic mass is 10.2. The van der Waals surface area contributed by atoms with Gasteiger partial charge < -0.3 is 4.90 Å². The molecule has 3 rings (SSSR count). The van der Waals surface area contributed by atoms with E-state index in [1.165, 1.54) is 30.3 Å². The minimum Gasteiger partial charge on any atom is -0.334 e. The van der Waals surface area contributed by atoms with Gasteiger partial charge >= 0.3 is 6.18 Å². The van der Waals surface area contributed by atoms with E-state index in [0.29, 0.717) is 5.69 Å². The molecule has 9 heteroatoms. The van der Waals surface area contributed by atoms with E-state index >= 15 is 0 Å². The van der Waals surface area contributed by atoms with Crippen molar-refractivity contribution in [3.63, 3.8) is 0 Å². The second kappa shape index (κ2) is 6.91. The Bertz CT molecular complexity index is 918. The number of benzene rings is 1. The number of thiazole rings is 1.